The number of carbonyl (C=O) groups excluding carboxylic acids is 1. The molecule has 0 aromatic heterocycles. The molecule has 1 rings (SSSR count). The van der Waals surface area contributed by atoms with Crippen LogP contribution in [0.4, 0.5) is 0 Å². The quantitative estimate of drug-likeness (QED) is 0.841. The van der Waals surface area contributed by atoms with E-state index in [0.29, 0.717) is 6.04 Å². The first kappa shape index (κ1) is 21.3. The molecule has 0 spiro atoms. The summed E-state index contributed by atoms with van der Waals surface area (Å²) in [7, 11) is 1.90. The zero-order valence-electron chi connectivity index (χ0n) is 12.5. The van der Waals surface area contributed by atoms with E-state index in [4.69, 9.17) is 5.73 Å². The number of nitrogens with zero attached hydrogens (tertiary/aromatic N) is 2. The van der Waals surface area contributed by atoms with Gasteiger partial charge in [-0.1, -0.05) is 13.8 Å². The van der Waals surface area contributed by atoms with Crippen LogP contribution in [0, 0.1) is 5.92 Å². The van der Waals surface area contributed by atoms with E-state index in [1.807, 2.05) is 25.8 Å². The molecule has 1 aliphatic rings. The van der Waals surface area contributed by atoms with Gasteiger partial charge < -0.3 is 10.6 Å². The summed E-state index contributed by atoms with van der Waals surface area (Å²) in [5, 5.41) is 0. The summed E-state index contributed by atoms with van der Waals surface area (Å²) in [5.74, 6) is 0.0828. The molecule has 19 heavy (non-hydrogen) atoms. The molecule has 0 radical (unpaired) electrons. The molecule has 1 saturated heterocycles. The van der Waals surface area contributed by atoms with Crippen LogP contribution in [-0.4, -0.2) is 54.5 Å². The molecule has 4 nitrogen and oxygen atoms in total. The Morgan fingerprint density at radius 2 is 2.00 bits per heavy atom. The van der Waals surface area contributed by atoms with Gasteiger partial charge in [0, 0.05) is 25.7 Å². The fourth-order valence-electron chi connectivity index (χ4n) is 2.50. The number of hydrogen-bond acceptors (Lipinski definition) is 3. The van der Waals surface area contributed by atoms with E-state index >= 15 is 0 Å². The van der Waals surface area contributed by atoms with Crippen LogP contribution in [0.15, 0.2) is 0 Å². The molecule has 1 heterocycles. The van der Waals surface area contributed by atoms with E-state index in [1.54, 1.807) is 0 Å². The van der Waals surface area contributed by atoms with E-state index in [0.717, 1.165) is 13.1 Å². The smallest absolute Gasteiger partial charge is 0.226 e. The lowest BCUT2D eigenvalue weighted by atomic mass is 10.0. The molecule has 0 bridgehead atoms. The standard InChI is InChI=1S/C13H27N3O.2ClH/c1-5-16-8-6-7-12(16)9-15(4)13(17)10(2)11(3)14;;/h10-12H,5-9,14H2,1-4H3;2*1H. The average molecular weight is 314 g/mol. The third-order valence-corrected chi connectivity index (χ3v) is 3.94. The number of likely N-dealkylation sites (N-methyl/N-ethyl adjacent to an activating group) is 2. The van der Waals surface area contributed by atoms with Crippen LogP contribution in [0.5, 0.6) is 0 Å². The number of hydrogen-bond donors (Lipinski definition) is 1. The Morgan fingerprint density at radius 3 is 2.47 bits per heavy atom. The Hall–Kier alpha value is -0.0300. The van der Waals surface area contributed by atoms with Crippen molar-refractivity contribution < 1.29 is 4.79 Å². The first-order valence-corrected chi connectivity index (χ1v) is 6.72. The van der Waals surface area contributed by atoms with Gasteiger partial charge in [-0.25, -0.2) is 0 Å². The minimum atomic E-state index is -0.0866. The highest BCUT2D eigenvalue weighted by Gasteiger charge is 2.27. The van der Waals surface area contributed by atoms with Gasteiger partial charge in [0.05, 0.1) is 5.92 Å². The van der Waals surface area contributed by atoms with Crippen LogP contribution in [0.2, 0.25) is 0 Å². The molecule has 6 heteroatoms. The molecule has 0 saturated carbocycles. The van der Waals surface area contributed by atoms with E-state index in [2.05, 4.69) is 11.8 Å². The van der Waals surface area contributed by atoms with Gasteiger partial charge >= 0.3 is 0 Å². The third kappa shape index (κ3) is 5.86. The highest BCUT2D eigenvalue weighted by molar-refractivity contribution is 5.85. The van der Waals surface area contributed by atoms with Crippen LogP contribution in [0.3, 0.4) is 0 Å². The average Bonchev–Trinajstić information content (AvgIpc) is 2.73. The van der Waals surface area contributed by atoms with Gasteiger partial charge in [-0.15, -0.1) is 24.8 Å². The van der Waals surface area contributed by atoms with Crippen molar-refractivity contribution in [3.63, 3.8) is 0 Å². The Kier molecular flexibility index (Phi) is 11.0. The Labute approximate surface area is 129 Å². The molecular formula is C13H29Cl2N3O. The van der Waals surface area contributed by atoms with Gasteiger partial charge in [0.25, 0.3) is 0 Å². The SMILES string of the molecule is CCN1CCCC1CN(C)C(=O)C(C)C(C)N.Cl.Cl. The van der Waals surface area contributed by atoms with Crippen molar-refractivity contribution in [2.45, 2.75) is 45.7 Å². The molecule has 0 aliphatic carbocycles. The van der Waals surface area contributed by atoms with Crippen molar-refractivity contribution in [2.24, 2.45) is 11.7 Å². The largest absolute Gasteiger partial charge is 0.344 e. The molecule has 1 aliphatic heterocycles. The van der Waals surface area contributed by atoms with Crippen molar-refractivity contribution in [1.29, 1.82) is 0 Å². The molecule has 1 fully saturated rings. The first-order valence-electron chi connectivity index (χ1n) is 6.72. The number of likely N-dealkylation sites (tertiary alicyclic amines) is 1. The molecule has 3 atom stereocenters. The van der Waals surface area contributed by atoms with Gasteiger partial charge in [-0.3, -0.25) is 9.69 Å². The summed E-state index contributed by atoms with van der Waals surface area (Å²) in [6.45, 7) is 9.08. The van der Waals surface area contributed by atoms with E-state index in [9.17, 15) is 4.79 Å². The lowest BCUT2D eigenvalue weighted by Crippen LogP contribution is -2.45. The maximum Gasteiger partial charge on any atom is 0.226 e. The summed E-state index contributed by atoms with van der Waals surface area (Å²) < 4.78 is 0. The number of halogens is 2. The van der Waals surface area contributed by atoms with Crippen LogP contribution < -0.4 is 5.73 Å². The lowest BCUT2D eigenvalue weighted by Gasteiger charge is -2.30. The van der Waals surface area contributed by atoms with E-state index in [1.165, 1.54) is 19.4 Å². The van der Waals surface area contributed by atoms with Crippen LogP contribution >= 0.6 is 24.8 Å². The minimum absolute atomic E-state index is 0. The van der Waals surface area contributed by atoms with Crippen molar-refractivity contribution in [3.05, 3.63) is 0 Å². The van der Waals surface area contributed by atoms with Crippen molar-refractivity contribution in [2.75, 3.05) is 26.7 Å². The molecule has 0 aromatic carbocycles. The summed E-state index contributed by atoms with van der Waals surface area (Å²) >= 11 is 0. The van der Waals surface area contributed by atoms with Gasteiger partial charge in [0.15, 0.2) is 0 Å². The minimum Gasteiger partial charge on any atom is -0.344 e. The molecule has 3 unspecified atom stereocenters. The van der Waals surface area contributed by atoms with Crippen molar-refractivity contribution in [3.8, 4) is 0 Å². The van der Waals surface area contributed by atoms with Gasteiger partial charge in [0.1, 0.15) is 0 Å². The Bertz CT molecular complexity index is 264. The maximum atomic E-state index is 12.1. The maximum absolute atomic E-state index is 12.1. The number of nitrogens with two attached hydrogens (primary N) is 1. The summed E-state index contributed by atoms with van der Waals surface area (Å²) in [5.41, 5.74) is 5.78. The highest BCUT2D eigenvalue weighted by atomic mass is 35.5. The fourth-order valence-corrected chi connectivity index (χ4v) is 2.50. The highest BCUT2D eigenvalue weighted by Crippen LogP contribution is 2.18. The number of carbonyl (C=O) groups is 1. The van der Waals surface area contributed by atoms with Crippen molar-refractivity contribution >= 4 is 30.7 Å². The van der Waals surface area contributed by atoms with Gasteiger partial charge in [-0.2, -0.15) is 0 Å². The second-order valence-electron chi connectivity index (χ2n) is 5.29. The monoisotopic (exact) mass is 313 g/mol. The zero-order chi connectivity index (χ0) is 13.0. The van der Waals surface area contributed by atoms with Gasteiger partial charge in [0.2, 0.25) is 5.91 Å². The first-order chi connectivity index (χ1) is 7.97. The molecule has 116 valence electrons. The van der Waals surface area contributed by atoms with Crippen LogP contribution in [-0.2, 0) is 4.79 Å². The Morgan fingerprint density at radius 1 is 1.42 bits per heavy atom. The second kappa shape index (κ2) is 9.81. The summed E-state index contributed by atoms with van der Waals surface area (Å²) in [6.07, 6.45) is 2.46. The van der Waals surface area contributed by atoms with Crippen LogP contribution in [0.25, 0.3) is 0 Å². The Balaban J connectivity index is 0. The molecule has 0 aromatic rings. The molecular weight excluding hydrogens is 285 g/mol. The predicted octanol–water partition coefficient (Wildman–Crippen LogP) is 1.76. The zero-order valence-corrected chi connectivity index (χ0v) is 14.1. The van der Waals surface area contributed by atoms with Crippen LogP contribution in [0.1, 0.15) is 33.6 Å². The molecule has 2 N–H and O–H groups in total. The number of amides is 1. The molecule has 1 amide bonds. The van der Waals surface area contributed by atoms with Gasteiger partial charge in [-0.05, 0) is 32.9 Å². The third-order valence-electron chi connectivity index (χ3n) is 3.94. The normalized spacial score (nSPS) is 22.1. The summed E-state index contributed by atoms with van der Waals surface area (Å²) in [6, 6.07) is 0.463. The predicted molar refractivity (Wildman–Crippen MR) is 85.2 cm³/mol. The lowest BCUT2D eigenvalue weighted by molar-refractivity contribution is -0.134. The topological polar surface area (TPSA) is 49.6 Å². The van der Waals surface area contributed by atoms with Crippen molar-refractivity contribution in [1.82, 2.24) is 9.80 Å². The van der Waals surface area contributed by atoms with E-state index in [-0.39, 0.29) is 42.7 Å². The fraction of sp³-hybridized carbons (Fsp3) is 0.923. The second-order valence-corrected chi connectivity index (χ2v) is 5.29. The number of rotatable bonds is 5. The van der Waals surface area contributed by atoms with E-state index < -0.39 is 0 Å². The summed E-state index contributed by atoms with van der Waals surface area (Å²) in [4.78, 5) is 16.4.